The van der Waals surface area contributed by atoms with E-state index in [0.717, 1.165) is 0 Å². The highest BCUT2D eigenvalue weighted by atomic mass is 19.4. The van der Waals surface area contributed by atoms with Crippen molar-refractivity contribution in [2.24, 2.45) is 23.7 Å². The minimum atomic E-state index is -5.90. The highest BCUT2D eigenvalue weighted by Crippen LogP contribution is 2.54. The Kier molecular flexibility index (Phi) is 4.95. The van der Waals surface area contributed by atoms with Crippen molar-refractivity contribution in [3.63, 3.8) is 0 Å². The lowest BCUT2D eigenvalue weighted by atomic mass is 9.62. The molecule has 0 aromatic carbocycles. The van der Waals surface area contributed by atoms with Crippen molar-refractivity contribution >= 4 is 0 Å². The molecule has 8 heteroatoms. The molecule has 1 saturated carbocycles. The van der Waals surface area contributed by atoms with Gasteiger partial charge in [0.15, 0.2) is 0 Å². The number of hydrogen-bond acceptors (Lipinski definition) is 2. The molecule has 0 aliphatic heterocycles. The molecule has 4 unspecified atom stereocenters. The Balaban J connectivity index is 3.35. The van der Waals surface area contributed by atoms with Gasteiger partial charge in [-0.2, -0.15) is 26.3 Å². The molecule has 4 atom stereocenters. The Morgan fingerprint density at radius 3 is 1.71 bits per heavy atom. The van der Waals surface area contributed by atoms with Gasteiger partial charge in [-0.05, 0) is 30.6 Å². The van der Waals surface area contributed by atoms with Crippen molar-refractivity contribution in [3.8, 4) is 0 Å². The molecule has 21 heavy (non-hydrogen) atoms. The number of hydrogen-bond donors (Lipinski definition) is 2. The zero-order chi connectivity index (χ0) is 16.8. The summed E-state index contributed by atoms with van der Waals surface area (Å²) in [6, 6.07) is 0. The van der Waals surface area contributed by atoms with Crippen LogP contribution in [0.4, 0.5) is 26.3 Å². The minimum absolute atomic E-state index is 0.0963. The molecule has 0 radical (unpaired) electrons. The molecular formula is C13H20F6O2. The Morgan fingerprint density at radius 2 is 1.38 bits per heavy atom. The third kappa shape index (κ3) is 3.02. The molecule has 1 rings (SSSR count). The second-order valence-corrected chi connectivity index (χ2v) is 6.24. The topological polar surface area (TPSA) is 40.5 Å². The monoisotopic (exact) mass is 322 g/mol. The van der Waals surface area contributed by atoms with Gasteiger partial charge in [-0.3, -0.25) is 0 Å². The van der Waals surface area contributed by atoms with E-state index >= 15 is 0 Å². The predicted octanol–water partition coefficient (Wildman–Crippen LogP) is 3.52. The lowest BCUT2D eigenvalue weighted by Crippen LogP contribution is -2.67. The lowest BCUT2D eigenvalue weighted by molar-refractivity contribution is -0.399. The van der Waals surface area contributed by atoms with Gasteiger partial charge < -0.3 is 10.2 Å². The van der Waals surface area contributed by atoms with Gasteiger partial charge in [0, 0.05) is 5.92 Å². The fraction of sp³-hybridized carbons (Fsp3) is 1.00. The van der Waals surface area contributed by atoms with Crippen LogP contribution in [0.3, 0.4) is 0 Å². The third-order valence-corrected chi connectivity index (χ3v) is 4.58. The number of alkyl halides is 6. The fourth-order valence-corrected chi connectivity index (χ4v) is 3.33. The molecule has 0 amide bonds. The zero-order valence-electron chi connectivity index (χ0n) is 12.0. The smallest absolute Gasteiger partial charge is 0.392 e. The van der Waals surface area contributed by atoms with Crippen LogP contribution < -0.4 is 0 Å². The van der Waals surface area contributed by atoms with Crippen LogP contribution in [-0.2, 0) is 0 Å². The first kappa shape index (κ1) is 18.5. The molecule has 2 N–H and O–H groups in total. The number of rotatable bonds is 2. The van der Waals surface area contributed by atoms with Gasteiger partial charge in [-0.1, -0.05) is 20.8 Å². The predicted molar refractivity (Wildman–Crippen MR) is 63.3 cm³/mol. The molecule has 126 valence electrons. The van der Waals surface area contributed by atoms with Crippen molar-refractivity contribution in [2.45, 2.75) is 57.7 Å². The Morgan fingerprint density at radius 1 is 0.952 bits per heavy atom. The normalized spacial score (nSPS) is 32.6. The summed E-state index contributed by atoms with van der Waals surface area (Å²) in [4.78, 5) is 0. The summed E-state index contributed by atoms with van der Waals surface area (Å²) >= 11 is 0. The molecule has 0 saturated heterocycles. The second-order valence-electron chi connectivity index (χ2n) is 6.24. The van der Waals surface area contributed by atoms with Crippen LogP contribution in [0.1, 0.15) is 33.6 Å². The molecular weight excluding hydrogens is 302 g/mol. The van der Waals surface area contributed by atoms with E-state index in [9.17, 15) is 36.6 Å². The number of halogens is 6. The van der Waals surface area contributed by atoms with E-state index in [1.807, 2.05) is 0 Å². The van der Waals surface area contributed by atoms with Crippen molar-refractivity contribution in [1.82, 2.24) is 0 Å². The molecule has 1 aliphatic rings. The maximum Gasteiger partial charge on any atom is 0.426 e. The van der Waals surface area contributed by atoms with Crippen LogP contribution in [0.2, 0.25) is 0 Å². The molecule has 1 fully saturated rings. The fourth-order valence-electron chi connectivity index (χ4n) is 3.33. The average Bonchev–Trinajstić information content (AvgIpc) is 2.24. The summed E-state index contributed by atoms with van der Waals surface area (Å²) in [6.07, 6.45) is -13.2. The molecule has 0 spiro atoms. The summed E-state index contributed by atoms with van der Waals surface area (Å²) in [5, 5.41) is 19.6. The van der Waals surface area contributed by atoms with Gasteiger partial charge >= 0.3 is 12.4 Å². The second kappa shape index (κ2) is 5.61. The zero-order valence-corrected chi connectivity index (χ0v) is 12.0. The van der Waals surface area contributed by atoms with E-state index < -0.39 is 41.8 Å². The highest BCUT2D eigenvalue weighted by molar-refractivity contribution is 5.06. The first-order chi connectivity index (χ1) is 9.25. The van der Waals surface area contributed by atoms with Crippen LogP contribution in [0.25, 0.3) is 0 Å². The van der Waals surface area contributed by atoms with Gasteiger partial charge in [-0.25, -0.2) is 0 Å². The van der Waals surface area contributed by atoms with E-state index in [-0.39, 0.29) is 12.3 Å². The lowest BCUT2D eigenvalue weighted by Gasteiger charge is -2.49. The standard InChI is InChI=1S/C13H20F6O2/c1-6(2)8-5-4-7(3)9(10(8)20)11(21,12(14,15)16)13(17,18)19/h6-10,20-21H,4-5H2,1-3H3. The molecule has 0 heterocycles. The van der Waals surface area contributed by atoms with Crippen LogP contribution in [-0.4, -0.2) is 34.3 Å². The third-order valence-electron chi connectivity index (χ3n) is 4.58. The van der Waals surface area contributed by atoms with E-state index in [1.165, 1.54) is 6.92 Å². The average molecular weight is 322 g/mol. The molecule has 1 aliphatic carbocycles. The van der Waals surface area contributed by atoms with Crippen LogP contribution >= 0.6 is 0 Å². The van der Waals surface area contributed by atoms with Crippen LogP contribution in [0.5, 0.6) is 0 Å². The molecule has 0 aromatic heterocycles. The minimum Gasteiger partial charge on any atom is -0.392 e. The van der Waals surface area contributed by atoms with Gasteiger partial charge in [-0.15, -0.1) is 0 Å². The summed E-state index contributed by atoms with van der Waals surface area (Å²) in [5.41, 5.74) is -4.90. The number of aliphatic hydroxyl groups excluding tert-OH is 1. The van der Waals surface area contributed by atoms with E-state index in [2.05, 4.69) is 0 Å². The Labute approximate surface area is 119 Å². The van der Waals surface area contributed by atoms with Crippen molar-refractivity contribution < 1.29 is 36.6 Å². The highest BCUT2D eigenvalue weighted by Gasteiger charge is 2.76. The maximum absolute atomic E-state index is 13.0. The number of aliphatic hydroxyl groups is 2. The maximum atomic E-state index is 13.0. The van der Waals surface area contributed by atoms with Crippen molar-refractivity contribution in [3.05, 3.63) is 0 Å². The van der Waals surface area contributed by atoms with Gasteiger partial charge in [0.05, 0.1) is 6.10 Å². The molecule has 0 aromatic rings. The van der Waals surface area contributed by atoms with E-state index in [1.54, 1.807) is 13.8 Å². The summed E-state index contributed by atoms with van der Waals surface area (Å²) < 4.78 is 77.9. The SMILES string of the molecule is CC(C)C1CCC(C)C(C(O)(C(F)(F)F)C(F)(F)F)C1O. The summed E-state index contributed by atoms with van der Waals surface area (Å²) in [7, 11) is 0. The van der Waals surface area contributed by atoms with Gasteiger partial charge in [0.2, 0.25) is 0 Å². The molecule has 0 bridgehead atoms. The molecule has 2 nitrogen and oxygen atoms in total. The largest absolute Gasteiger partial charge is 0.426 e. The van der Waals surface area contributed by atoms with Crippen LogP contribution in [0.15, 0.2) is 0 Å². The van der Waals surface area contributed by atoms with E-state index in [0.29, 0.717) is 6.42 Å². The summed E-state index contributed by atoms with van der Waals surface area (Å²) in [6.45, 7) is 4.45. The van der Waals surface area contributed by atoms with Crippen molar-refractivity contribution in [1.29, 1.82) is 0 Å². The quantitative estimate of drug-likeness (QED) is 0.764. The Hall–Kier alpha value is -0.500. The van der Waals surface area contributed by atoms with Crippen LogP contribution in [0, 0.1) is 23.7 Å². The first-order valence-corrected chi connectivity index (χ1v) is 6.79. The first-order valence-electron chi connectivity index (χ1n) is 6.79. The summed E-state index contributed by atoms with van der Waals surface area (Å²) in [5.74, 6) is -4.40. The van der Waals surface area contributed by atoms with Gasteiger partial charge in [0.25, 0.3) is 5.60 Å². The Bertz CT molecular complexity index is 349. The van der Waals surface area contributed by atoms with Crippen molar-refractivity contribution in [2.75, 3.05) is 0 Å². The van der Waals surface area contributed by atoms with E-state index in [4.69, 9.17) is 0 Å². The van der Waals surface area contributed by atoms with Gasteiger partial charge in [0.1, 0.15) is 0 Å².